The molecular formula is C25H31N5O3. The molecule has 0 bridgehead atoms. The van der Waals surface area contributed by atoms with Crippen molar-refractivity contribution in [2.24, 2.45) is 0 Å². The molecule has 0 spiro atoms. The maximum atomic E-state index is 13.1. The molecule has 1 aliphatic rings. The molecule has 8 heteroatoms. The third-order valence-corrected chi connectivity index (χ3v) is 6.23. The lowest BCUT2D eigenvalue weighted by Gasteiger charge is -2.40. The number of methoxy groups -OCH3 is 1. The Morgan fingerprint density at radius 2 is 1.67 bits per heavy atom. The summed E-state index contributed by atoms with van der Waals surface area (Å²) in [6.45, 7) is 5.56. The molecule has 0 unspecified atom stereocenters. The van der Waals surface area contributed by atoms with Crippen LogP contribution < -0.4 is 26.6 Å². The Hall–Kier alpha value is -3.52. The number of aromatic amines is 1. The molecule has 0 radical (unpaired) electrons. The van der Waals surface area contributed by atoms with Crippen LogP contribution in [0.3, 0.4) is 0 Å². The molecular weight excluding hydrogens is 418 g/mol. The van der Waals surface area contributed by atoms with Gasteiger partial charge in [-0.2, -0.15) is 0 Å². The molecule has 1 aliphatic heterocycles. The van der Waals surface area contributed by atoms with Crippen molar-refractivity contribution in [3.05, 3.63) is 86.6 Å². The lowest BCUT2D eigenvalue weighted by Crippen LogP contribution is -2.49. The van der Waals surface area contributed by atoms with Crippen LogP contribution in [0.25, 0.3) is 0 Å². The van der Waals surface area contributed by atoms with Crippen LogP contribution in [-0.4, -0.2) is 47.7 Å². The zero-order valence-corrected chi connectivity index (χ0v) is 19.2. The molecule has 3 aromatic rings. The number of aromatic nitrogens is 2. The SMILES string of the molecule is CCCn1c(N)c([C@@H](c2ccc(OC)cc2)N2CCN(c3ccccc3)CC2)c(=O)[nH]c1=O. The normalized spacial score (nSPS) is 15.4. The summed E-state index contributed by atoms with van der Waals surface area (Å²) in [6.07, 6.45) is 0.735. The van der Waals surface area contributed by atoms with E-state index >= 15 is 0 Å². The number of anilines is 2. The highest BCUT2D eigenvalue weighted by atomic mass is 16.5. The quantitative estimate of drug-likeness (QED) is 0.575. The van der Waals surface area contributed by atoms with E-state index in [-0.39, 0.29) is 11.9 Å². The number of ether oxygens (including phenoxy) is 1. The fraction of sp³-hybridized carbons (Fsp3) is 0.360. The van der Waals surface area contributed by atoms with E-state index in [0.29, 0.717) is 12.1 Å². The second kappa shape index (κ2) is 9.95. The molecule has 174 valence electrons. The molecule has 3 N–H and O–H groups in total. The standard InChI is InChI=1S/C25H31N5O3/c1-3-13-30-23(26)21(24(31)27-25(30)32)22(18-9-11-20(33-2)12-10-18)29-16-14-28(15-17-29)19-7-5-4-6-8-19/h4-12,22H,3,13-17,26H2,1-2H3,(H,27,31,32)/t22-/m1/s1. The Kier molecular flexibility index (Phi) is 6.84. The van der Waals surface area contributed by atoms with E-state index in [1.54, 1.807) is 7.11 Å². The van der Waals surface area contributed by atoms with Gasteiger partial charge in [-0.1, -0.05) is 37.3 Å². The van der Waals surface area contributed by atoms with E-state index < -0.39 is 11.2 Å². The number of H-pyrrole nitrogens is 1. The van der Waals surface area contributed by atoms with Gasteiger partial charge >= 0.3 is 5.69 Å². The van der Waals surface area contributed by atoms with Crippen molar-refractivity contribution in [2.45, 2.75) is 25.9 Å². The summed E-state index contributed by atoms with van der Waals surface area (Å²) in [5, 5.41) is 0. The molecule has 2 heterocycles. The number of para-hydroxylation sites is 1. The Morgan fingerprint density at radius 1 is 1.00 bits per heavy atom. The first-order chi connectivity index (χ1) is 16.0. The second-order valence-electron chi connectivity index (χ2n) is 8.24. The van der Waals surface area contributed by atoms with E-state index in [4.69, 9.17) is 10.5 Å². The molecule has 1 aromatic heterocycles. The highest BCUT2D eigenvalue weighted by molar-refractivity contribution is 5.48. The van der Waals surface area contributed by atoms with Crippen molar-refractivity contribution in [2.75, 3.05) is 43.9 Å². The summed E-state index contributed by atoms with van der Waals surface area (Å²) in [5.74, 6) is 0.973. The van der Waals surface area contributed by atoms with E-state index in [9.17, 15) is 9.59 Å². The number of nitrogens with one attached hydrogen (secondary N) is 1. The van der Waals surface area contributed by atoms with Gasteiger partial charge < -0.3 is 15.4 Å². The summed E-state index contributed by atoms with van der Waals surface area (Å²) in [7, 11) is 1.62. The number of hydrogen-bond donors (Lipinski definition) is 2. The molecule has 2 aromatic carbocycles. The maximum Gasteiger partial charge on any atom is 0.329 e. The number of nitrogen functional groups attached to an aromatic ring is 1. The van der Waals surface area contributed by atoms with Crippen molar-refractivity contribution in [3.63, 3.8) is 0 Å². The Morgan fingerprint density at radius 3 is 2.27 bits per heavy atom. The highest BCUT2D eigenvalue weighted by Crippen LogP contribution is 2.32. The van der Waals surface area contributed by atoms with Gasteiger partial charge in [0.2, 0.25) is 0 Å². The summed E-state index contributed by atoms with van der Waals surface area (Å²) < 4.78 is 6.78. The zero-order valence-electron chi connectivity index (χ0n) is 19.2. The zero-order chi connectivity index (χ0) is 23.4. The lowest BCUT2D eigenvalue weighted by atomic mass is 9.97. The van der Waals surface area contributed by atoms with Crippen LogP contribution in [0.2, 0.25) is 0 Å². The lowest BCUT2D eigenvalue weighted by molar-refractivity contribution is 0.211. The largest absolute Gasteiger partial charge is 0.497 e. The van der Waals surface area contributed by atoms with Gasteiger partial charge in [0.1, 0.15) is 11.6 Å². The van der Waals surface area contributed by atoms with Crippen LogP contribution in [-0.2, 0) is 6.54 Å². The summed E-state index contributed by atoms with van der Waals surface area (Å²) in [4.78, 5) is 32.6. The summed E-state index contributed by atoms with van der Waals surface area (Å²) >= 11 is 0. The first kappa shape index (κ1) is 22.7. The predicted octanol–water partition coefficient (Wildman–Crippen LogP) is 2.45. The molecule has 4 rings (SSSR count). The number of rotatable bonds is 7. The van der Waals surface area contributed by atoms with Gasteiger partial charge in [0.15, 0.2) is 0 Å². The van der Waals surface area contributed by atoms with Crippen molar-refractivity contribution in [3.8, 4) is 5.75 Å². The number of hydrogen-bond acceptors (Lipinski definition) is 6. The minimum atomic E-state index is -0.467. The van der Waals surface area contributed by atoms with Gasteiger partial charge in [-0.15, -0.1) is 0 Å². The van der Waals surface area contributed by atoms with Crippen molar-refractivity contribution in [1.29, 1.82) is 0 Å². The summed E-state index contributed by atoms with van der Waals surface area (Å²) in [5.41, 5.74) is 8.11. The molecule has 1 saturated heterocycles. The Balaban J connectivity index is 1.73. The second-order valence-corrected chi connectivity index (χ2v) is 8.24. The molecule has 33 heavy (non-hydrogen) atoms. The van der Waals surface area contributed by atoms with E-state index in [2.05, 4.69) is 26.9 Å². The molecule has 1 atom stereocenters. The van der Waals surface area contributed by atoms with Gasteiger partial charge in [0, 0.05) is 38.4 Å². The smallest absolute Gasteiger partial charge is 0.329 e. The third-order valence-electron chi connectivity index (χ3n) is 6.23. The number of benzene rings is 2. The monoisotopic (exact) mass is 449 g/mol. The van der Waals surface area contributed by atoms with E-state index in [0.717, 1.165) is 43.9 Å². The molecule has 0 aliphatic carbocycles. The molecule has 8 nitrogen and oxygen atoms in total. The first-order valence-electron chi connectivity index (χ1n) is 11.3. The number of nitrogens with two attached hydrogens (primary N) is 1. The van der Waals surface area contributed by atoms with Gasteiger partial charge in [0.05, 0.1) is 18.7 Å². The molecule has 1 fully saturated rings. The first-order valence-corrected chi connectivity index (χ1v) is 11.3. The van der Waals surface area contributed by atoms with Crippen LogP contribution in [0.1, 0.15) is 30.5 Å². The van der Waals surface area contributed by atoms with Crippen LogP contribution in [0.15, 0.2) is 64.2 Å². The van der Waals surface area contributed by atoms with Gasteiger partial charge in [0.25, 0.3) is 5.56 Å². The van der Waals surface area contributed by atoms with Crippen LogP contribution in [0.4, 0.5) is 11.5 Å². The van der Waals surface area contributed by atoms with Crippen LogP contribution >= 0.6 is 0 Å². The number of nitrogens with zero attached hydrogens (tertiary/aromatic N) is 3. The molecule has 0 amide bonds. The van der Waals surface area contributed by atoms with Crippen LogP contribution in [0, 0.1) is 0 Å². The van der Waals surface area contributed by atoms with Gasteiger partial charge in [-0.3, -0.25) is 19.2 Å². The minimum Gasteiger partial charge on any atom is -0.497 e. The van der Waals surface area contributed by atoms with E-state index in [1.165, 1.54) is 10.3 Å². The maximum absolute atomic E-state index is 13.1. The van der Waals surface area contributed by atoms with Crippen molar-refractivity contribution in [1.82, 2.24) is 14.5 Å². The Bertz CT molecular complexity index is 1180. The fourth-order valence-corrected chi connectivity index (χ4v) is 4.54. The predicted molar refractivity (Wildman–Crippen MR) is 131 cm³/mol. The highest BCUT2D eigenvalue weighted by Gasteiger charge is 2.31. The Labute approximate surface area is 193 Å². The third kappa shape index (κ3) is 4.66. The van der Waals surface area contributed by atoms with Crippen molar-refractivity contribution >= 4 is 11.5 Å². The topological polar surface area (TPSA) is 96.6 Å². The minimum absolute atomic E-state index is 0.233. The summed E-state index contributed by atoms with van der Waals surface area (Å²) in [6, 6.07) is 17.6. The van der Waals surface area contributed by atoms with E-state index in [1.807, 2.05) is 49.4 Å². The molecule has 0 saturated carbocycles. The fourth-order valence-electron chi connectivity index (χ4n) is 4.54. The average Bonchev–Trinajstić information content (AvgIpc) is 2.85. The van der Waals surface area contributed by atoms with Gasteiger partial charge in [-0.25, -0.2) is 4.79 Å². The van der Waals surface area contributed by atoms with Crippen molar-refractivity contribution < 1.29 is 4.74 Å². The number of piperazine rings is 1. The van der Waals surface area contributed by atoms with Crippen LogP contribution in [0.5, 0.6) is 5.75 Å². The average molecular weight is 450 g/mol. The van der Waals surface area contributed by atoms with Gasteiger partial charge in [-0.05, 0) is 36.2 Å².